The van der Waals surface area contributed by atoms with E-state index in [-0.39, 0.29) is 11.7 Å². The molecular formula is C18H20O2. The zero-order chi connectivity index (χ0) is 14.7. The lowest BCUT2D eigenvalue weighted by molar-refractivity contribution is 0.103. The fourth-order valence-corrected chi connectivity index (χ4v) is 2.34. The Morgan fingerprint density at radius 1 is 1.10 bits per heavy atom. The number of carbonyl (C=O) groups excluding carboxylic acids is 1. The summed E-state index contributed by atoms with van der Waals surface area (Å²) < 4.78 is 5.36. The minimum Gasteiger partial charge on any atom is -0.496 e. The molecule has 0 aliphatic rings. The lowest BCUT2D eigenvalue weighted by atomic mass is 9.90. The van der Waals surface area contributed by atoms with Crippen LogP contribution in [0.2, 0.25) is 0 Å². The third-order valence-corrected chi connectivity index (χ3v) is 3.47. The van der Waals surface area contributed by atoms with Crippen LogP contribution >= 0.6 is 0 Å². The summed E-state index contributed by atoms with van der Waals surface area (Å²) in [5, 5.41) is 0. The lowest BCUT2D eigenvalue weighted by Crippen LogP contribution is -2.08. The van der Waals surface area contributed by atoms with E-state index in [0.29, 0.717) is 0 Å². The molecule has 2 heteroatoms. The number of methoxy groups -OCH3 is 1. The normalized spacial score (nSPS) is 10.7. The second kappa shape index (κ2) is 5.91. The second-order valence-electron chi connectivity index (χ2n) is 5.26. The molecule has 0 aliphatic heterocycles. The number of carbonyl (C=O) groups is 1. The monoisotopic (exact) mass is 268 g/mol. The van der Waals surface area contributed by atoms with Crippen LogP contribution in [0.25, 0.3) is 0 Å². The van der Waals surface area contributed by atoms with Gasteiger partial charge in [-0.15, -0.1) is 0 Å². The number of rotatable bonds is 4. The number of hydrogen-bond acceptors (Lipinski definition) is 2. The predicted molar refractivity (Wildman–Crippen MR) is 81.7 cm³/mol. The molecule has 0 fully saturated rings. The summed E-state index contributed by atoms with van der Waals surface area (Å²) in [5.41, 5.74) is 3.50. The van der Waals surface area contributed by atoms with Gasteiger partial charge in [0.15, 0.2) is 5.78 Å². The SMILES string of the molecule is COc1cc(C(C)C)c(C(=O)c2ccccc2)cc1C. The van der Waals surface area contributed by atoms with E-state index in [0.717, 1.165) is 28.0 Å². The van der Waals surface area contributed by atoms with Gasteiger partial charge in [0.05, 0.1) is 7.11 Å². The summed E-state index contributed by atoms with van der Waals surface area (Å²) in [5.74, 6) is 1.17. The lowest BCUT2D eigenvalue weighted by Gasteiger charge is -2.16. The summed E-state index contributed by atoms with van der Waals surface area (Å²) in [7, 11) is 1.66. The van der Waals surface area contributed by atoms with Crippen molar-refractivity contribution < 1.29 is 9.53 Å². The molecule has 0 aliphatic carbocycles. The van der Waals surface area contributed by atoms with Crippen molar-refractivity contribution in [3.8, 4) is 5.75 Å². The van der Waals surface area contributed by atoms with Gasteiger partial charge in [0.2, 0.25) is 0 Å². The van der Waals surface area contributed by atoms with E-state index in [4.69, 9.17) is 4.74 Å². The fourth-order valence-electron chi connectivity index (χ4n) is 2.34. The molecule has 0 amide bonds. The highest BCUT2D eigenvalue weighted by Gasteiger charge is 2.17. The van der Waals surface area contributed by atoms with E-state index in [1.54, 1.807) is 7.11 Å². The Balaban J connectivity index is 2.56. The average molecular weight is 268 g/mol. The van der Waals surface area contributed by atoms with Crippen molar-refractivity contribution in [1.82, 2.24) is 0 Å². The molecule has 20 heavy (non-hydrogen) atoms. The molecule has 0 unspecified atom stereocenters. The summed E-state index contributed by atoms with van der Waals surface area (Å²) >= 11 is 0. The first kappa shape index (κ1) is 14.3. The average Bonchev–Trinajstić information content (AvgIpc) is 2.46. The third-order valence-electron chi connectivity index (χ3n) is 3.47. The van der Waals surface area contributed by atoms with Crippen LogP contribution in [-0.2, 0) is 0 Å². The zero-order valence-corrected chi connectivity index (χ0v) is 12.4. The van der Waals surface area contributed by atoms with Crippen molar-refractivity contribution in [3.05, 3.63) is 64.7 Å². The topological polar surface area (TPSA) is 26.3 Å². The number of hydrogen-bond donors (Lipinski definition) is 0. The molecule has 2 aromatic rings. The van der Waals surface area contributed by atoms with Crippen LogP contribution in [0, 0.1) is 6.92 Å². The first-order chi connectivity index (χ1) is 9.54. The van der Waals surface area contributed by atoms with E-state index >= 15 is 0 Å². The molecule has 0 bridgehead atoms. The highest BCUT2D eigenvalue weighted by molar-refractivity contribution is 6.10. The number of benzene rings is 2. The molecule has 0 radical (unpaired) electrons. The molecule has 2 aromatic carbocycles. The highest BCUT2D eigenvalue weighted by Crippen LogP contribution is 2.29. The van der Waals surface area contributed by atoms with Gasteiger partial charge >= 0.3 is 0 Å². The molecule has 104 valence electrons. The standard InChI is InChI=1S/C18H20O2/c1-12(2)15-11-17(20-4)13(3)10-16(15)18(19)14-8-6-5-7-9-14/h5-12H,1-4H3. The Morgan fingerprint density at radius 3 is 2.30 bits per heavy atom. The van der Waals surface area contributed by atoms with Gasteiger partial charge < -0.3 is 4.74 Å². The number of aryl methyl sites for hydroxylation is 1. The Morgan fingerprint density at radius 2 is 1.75 bits per heavy atom. The molecule has 0 spiro atoms. The first-order valence-corrected chi connectivity index (χ1v) is 6.83. The Bertz CT molecular complexity index is 613. The van der Waals surface area contributed by atoms with Crippen LogP contribution < -0.4 is 4.74 Å². The molecule has 0 N–H and O–H groups in total. The van der Waals surface area contributed by atoms with Crippen LogP contribution in [0.15, 0.2) is 42.5 Å². The van der Waals surface area contributed by atoms with Crippen molar-refractivity contribution in [2.75, 3.05) is 7.11 Å². The van der Waals surface area contributed by atoms with Gasteiger partial charge in [-0.25, -0.2) is 0 Å². The van der Waals surface area contributed by atoms with Crippen molar-refractivity contribution in [2.45, 2.75) is 26.7 Å². The predicted octanol–water partition coefficient (Wildman–Crippen LogP) is 4.36. The van der Waals surface area contributed by atoms with Crippen LogP contribution in [0.4, 0.5) is 0 Å². The largest absolute Gasteiger partial charge is 0.496 e. The van der Waals surface area contributed by atoms with E-state index in [9.17, 15) is 4.79 Å². The number of ether oxygens (including phenoxy) is 1. The van der Waals surface area contributed by atoms with Gasteiger partial charge in [-0.05, 0) is 36.1 Å². The maximum Gasteiger partial charge on any atom is 0.193 e. The smallest absolute Gasteiger partial charge is 0.193 e. The summed E-state index contributed by atoms with van der Waals surface area (Å²) in [6.45, 7) is 6.14. The maximum atomic E-state index is 12.7. The minimum atomic E-state index is 0.0695. The van der Waals surface area contributed by atoms with Crippen molar-refractivity contribution in [3.63, 3.8) is 0 Å². The Kier molecular flexibility index (Phi) is 4.23. The minimum absolute atomic E-state index is 0.0695. The van der Waals surface area contributed by atoms with E-state index < -0.39 is 0 Å². The first-order valence-electron chi connectivity index (χ1n) is 6.83. The van der Waals surface area contributed by atoms with Gasteiger partial charge in [-0.1, -0.05) is 44.2 Å². The molecule has 0 saturated carbocycles. The van der Waals surface area contributed by atoms with Crippen molar-refractivity contribution >= 4 is 5.78 Å². The van der Waals surface area contributed by atoms with E-state index in [1.807, 2.05) is 49.4 Å². The molecule has 0 saturated heterocycles. The summed E-state index contributed by atoms with van der Waals surface area (Å²) in [6.07, 6.45) is 0. The second-order valence-corrected chi connectivity index (χ2v) is 5.26. The van der Waals surface area contributed by atoms with Crippen LogP contribution in [-0.4, -0.2) is 12.9 Å². The van der Waals surface area contributed by atoms with E-state index in [2.05, 4.69) is 13.8 Å². The molecule has 0 heterocycles. The van der Waals surface area contributed by atoms with E-state index in [1.165, 1.54) is 0 Å². The van der Waals surface area contributed by atoms with Crippen LogP contribution in [0.3, 0.4) is 0 Å². The Labute approximate surface area is 120 Å². The molecule has 2 nitrogen and oxygen atoms in total. The van der Waals surface area contributed by atoms with Gasteiger partial charge in [0.25, 0.3) is 0 Å². The van der Waals surface area contributed by atoms with Crippen molar-refractivity contribution in [1.29, 1.82) is 0 Å². The van der Waals surface area contributed by atoms with Gasteiger partial charge in [0, 0.05) is 11.1 Å². The quantitative estimate of drug-likeness (QED) is 0.770. The molecule has 0 atom stereocenters. The van der Waals surface area contributed by atoms with Crippen molar-refractivity contribution in [2.24, 2.45) is 0 Å². The molecular weight excluding hydrogens is 248 g/mol. The Hall–Kier alpha value is -2.09. The van der Waals surface area contributed by atoms with Crippen LogP contribution in [0.1, 0.15) is 46.8 Å². The van der Waals surface area contributed by atoms with Crippen LogP contribution in [0.5, 0.6) is 5.75 Å². The highest BCUT2D eigenvalue weighted by atomic mass is 16.5. The molecule has 2 rings (SSSR count). The van der Waals surface area contributed by atoms with Gasteiger partial charge in [-0.3, -0.25) is 4.79 Å². The zero-order valence-electron chi connectivity index (χ0n) is 12.4. The van der Waals surface area contributed by atoms with Gasteiger partial charge in [-0.2, -0.15) is 0 Å². The molecule has 0 aromatic heterocycles. The number of ketones is 1. The van der Waals surface area contributed by atoms with Gasteiger partial charge in [0.1, 0.15) is 5.75 Å². The fraction of sp³-hybridized carbons (Fsp3) is 0.278. The third kappa shape index (κ3) is 2.74. The summed E-state index contributed by atoms with van der Waals surface area (Å²) in [4.78, 5) is 12.7. The summed E-state index contributed by atoms with van der Waals surface area (Å²) in [6, 6.07) is 13.3. The maximum absolute atomic E-state index is 12.7.